The molecule has 1 fully saturated rings. The molecule has 1 atom stereocenters. The van der Waals surface area contributed by atoms with Crippen LogP contribution >= 0.6 is 11.6 Å². The first kappa shape index (κ1) is 16.1. The summed E-state index contributed by atoms with van der Waals surface area (Å²) in [5.74, 6) is -0.288. The number of nitrogens with zero attached hydrogens (tertiary/aromatic N) is 1. The van der Waals surface area contributed by atoms with Crippen molar-refractivity contribution in [3.63, 3.8) is 0 Å². The Morgan fingerprint density at radius 2 is 2.33 bits per heavy atom. The van der Waals surface area contributed by atoms with Crippen LogP contribution in [0.5, 0.6) is 0 Å². The number of nitrogens with one attached hydrogen (secondary N) is 1. The second-order valence-electron chi connectivity index (χ2n) is 5.61. The molecule has 2 rings (SSSR count). The van der Waals surface area contributed by atoms with Gasteiger partial charge >= 0.3 is 0 Å². The topological polar surface area (TPSA) is 58.4 Å². The molecule has 4 nitrogen and oxygen atoms in total. The van der Waals surface area contributed by atoms with Crippen LogP contribution in [0.15, 0.2) is 18.2 Å². The number of carbonyl (C=O) groups excluding carboxylic acids is 1. The van der Waals surface area contributed by atoms with E-state index in [1.807, 2.05) is 12.1 Å². The molecule has 5 heteroatoms. The first-order valence-electron chi connectivity index (χ1n) is 7.65. The number of hydrogen-bond acceptors (Lipinski definition) is 3. The molecule has 0 saturated carbocycles. The highest BCUT2D eigenvalue weighted by molar-refractivity contribution is 6.33. The van der Waals surface area contributed by atoms with E-state index in [1.54, 1.807) is 0 Å². The fourth-order valence-corrected chi connectivity index (χ4v) is 3.18. The van der Waals surface area contributed by atoms with Crippen molar-refractivity contribution in [3.05, 3.63) is 28.8 Å². The number of anilines is 1. The highest BCUT2D eigenvalue weighted by Crippen LogP contribution is 2.33. The van der Waals surface area contributed by atoms with Crippen LogP contribution in [0.25, 0.3) is 0 Å². The number of benzene rings is 1. The standard InChI is InChI=1S/C16H24ClN3O/c1-2-8-19-10-12-5-3-7-14(17)15(12)20-9-4-6-13(11-20)16(18)21/h3,5,7,13,19H,2,4,6,8-11H2,1H3,(H2,18,21). The van der Waals surface area contributed by atoms with Crippen LogP contribution in [0.4, 0.5) is 5.69 Å². The van der Waals surface area contributed by atoms with Gasteiger partial charge in [0.05, 0.1) is 16.6 Å². The quantitative estimate of drug-likeness (QED) is 0.794. The summed E-state index contributed by atoms with van der Waals surface area (Å²) in [6.45, 7) is 5.51. The SMILES string of the molecule is CCCNCc1cccc(Cl)c1N1CCCC(C(N)=O)C1. The lowest BCUT2D eigenvalue weighted by molar-refractivity contribution is -0.122. The maximum absolute atomic E-state index is 11.5. The van der Waals surface area contributed by atoms with Crippen molar-refractivity contribution >= 4 is 23.2 Å². The van der Waals surface area contributed by atoms with Crippen molar-refractivity contribution in [3.8, 4) is 0 Å². The molecule has 0 bridgehead atoms. The van der Waals surface area contributed by atoms with Gasteiger partial charge in [-0.1, -0.05) is 30.7 Å². The van der Waals surface area contributed by atoms with Gasteiger partial charge in [-0.15, -0.1) is 0 Å². The van der Waals surface area contributed by atoms with Crippen LogP contribution in [0.2, 0.25) is 5.02 Å². The smallest absolute Gasteiger partial charge is 0.222 e. The van der Waals surface area contributed by atoms with Gasteiger partial charge in [-0.05, 0) is 37.4 Å². The van der Waals surface area contributed by atoms with Crippen molar-refractivity contribution in [1.82, 2.24) is 5.32 Å². The number of primary amides is 1. The summed E-state index contributed by atoms with van der Waals surface area (Å²) in [7, 11) is 0. The number of para-hydroxylation sites is 1. The zero-order chi connectivity index (χ0) is 15.2. The Morgan fingerprint density at radius 3 is 3.05 bits per heavy atom. The average molecular weight is 310 g/mol. The lowest BCUT2D eigenvalue weighted by Crippen LogP contribution is -2.41. The second kappa shape index (κ2) is 7.66. The Labute approximate surface area is 131 Å². The van der Waals surface area contributed by atoms with E-state index in [2.05, 4.69) is 23.2 Å². The predicted molar refractivity (Wildman–Crippen MR) is 87.6 cm³/mol. The average Bonchev–Trinajstić information content (AvgIpc) is 2.48. The Morgan fingerprint density at radius 1 is 1.52 bits per heavy atom. The second-order valence-corrected chi connectivity index (χ2v) is 6.02. The zero-order valence-corrected chi connectivity index (χ0v) is 13.3. The van der Waals surface area contributed by atoms with Crippen molar-refractivity contribution in [1.29, 1.82) is 0 Å². The minimum atomic E-state index is -0.211. The highest BCUT2D eigenvalue weighted by atomic mass is 35.5. The van der Waals surface area contributed by atoms with Crippen molar-refractivity contribution in [2.75, 3.05) is 24.5 Å². The largest absolute Gasteiger partial charge is 0.369 e. The molecule has 1 heterocycles. The molecule has 0 aliphatic carbocycles. The number of piperidine rings is 1. The Balaban J connectivity index is 2.18. The van der Waals surface area contributed by atoms with Crippen LogP contribution < -0.4 is 16.0 Å². The molecule has 1 aromatic carbocycles. The van der Waals surface area contributed by atoms with Crippen LogP contribution in [0, 0.1) is 5.92 Å². The predicted octanol–water partition coefficient (Wildman–Crippen LogP) is 2.54. The van der Waals surface area contributed by atoms with E-state index >= 15 is 0 Å². The summed E-state index contributed by atoms with van der Waals surface area (Å²) in [5.41, 5.74) is 7.70. The van der Waals surface area contributed by atoms with E-state index < -0.39 is 0 Å². The summed E-state index contributed by atoms with van der Waals surface area (Å²) in [6, 6.07) is 5.98. The Kier molecular flexibility index (Phi) is 5.88. The monoisotopic (exact) mass is 309 g/mol. The van der Waals surface area contributed by atoms with Gasteiger partial charge in [0.15, 0.2) is 0 Å². The van der Waals surface area contributed by atoms with Gasteiger partial charge in [0.1, 0.15) is 0 Å². The van der Waals surface area contributed by atoms with E-state index in [1.165, 1.54) is 5.56 Å². The first-order chi connectivity index (χ1) is 10.1. The van der Waals surface area contributed by atoms with Gasteiger partial charge in [0.2, 0.25) is 5.91 Å². The number of amides is 1. The normalized spacial score (nSPS) is 18.8. The molecule has 1 aliphatic heterocycles. The molecule has 3 N–H and O–H groups in total. The molecule has 1 unspecified atom stereocenters. The molecule has 0 radical (unpaired) electrons. The molecule has 0 aromatic heterocycles. The minimum absolute atomic E-state index is 0.0773. The van der Waals surface area contributed by atoms with E-state index in [4.69, 9.17) is 17.3 Å². The summed E-state index contributed by atoms with van der Waals surface area (Å²) >= 11 is 6.42. The van der Waals surface area contributed by atoms with E-state index in [9.17, 15) is 4.79 Å². The number of carbonyl (C=O) groups is 1. The number of nitrogens with two attached hydrogens (primary N) is 1. The lowest BCUT2D eigenvalue weighted by Gasteiger charge is -2.35. The number of hydrogen-bond donors (Lipinski definition) is 2. The Bertz CT molecular complexity index is 492. The van der Waals surface area contributed by atoms with Crippen molar-refractivity contribution in [2.45, 2.75) is 32.7 Å². The van der Waals surface area contributed by atoms with Gasteiger partial charge in [0.25, 0.3) is 0 Å². The van der Waals surface area contributed by atoms with Crippen molar-refractivity contribution in [2.24, 2.45) is 11.7 Å². The zero-order valence-electron chi connectivity index (χ0n) is 12.6. The molecule has 21 heavy (non-hydrogen) atoms. The van der Waals surface area contributed by atoms with E-state index in [-0.39, 0.29) is 11.8 Å². The van der Waals surface area contributed by atoms with Crippen LogP contribution in [0.3, 0.4) is 0 Å². The third-order valence-corrected chi connectivity index (χ3v) is 4.26. The summed E-state index contributed by atoms with van der Waals surface area (Å²) in [5, 5.41) is 4.16. The summed E-state index contributed by atoms with van der Waals surface area (Å²) < 4.78 is 0. The molecule has 0 spiro atoms. The highest BCUT2D eigenvalue weighted by Gasteiger charge is 2.26. The molecule has 1 aliphatic rings. The molecule has 116 valence electrons. The fourth-order valence-electron chi connectivity index (χ4n) is 2.87. The van der Waals surface area contributed by atoms with Gasteiger partial charge in [-0.2, -0.15) is 0 Å². The lowest BCUT2D eigenvalue weighted by atomic mass is 9.96. The van der Waals surface area contributed by atoms with E-state index in [0.717, 1.165) is 49.6 Å². The first-order valence-corrected chi connectivity index (χ1v) is 8.03. The van der Waals surface area contributed by atoms with Crippen LogP contribution in [-0.2, 0) is 11.3 Å². The van der Waals surface area contributed by atoms with Gasteiger partial charge in [-0.25, -0.2) is 0 Å². The van der Waals surface area contributed by atoms with Crippen LogP contribution in [0.1, 0.15) is 31.7 Å². The fraction of sp³-hybridized carbons (Fsp3) is 0.562. The maximum atomic E-state index is 11.5. The molecular formula is C16H24ClN3O. The van der Waals surface area contributed by atoms with Gasteiger partial charge in [-0.3, -0.25) is 4.79 Å². The van der Waals surface area contributed by atoms with Crippen molar-refractivity contribution < 1.29 is 4.79 Å². The van der Waals surface area contributed by atoms with E-state index in [0.29, 0.717) is 6.54 Å². The molecular weight excluding hydrogens is 286 g/mol. The molecule has 1 amide bonds. The molecule has 1 aromatic rings. The summed E-state index contributed by atoms with van der Waals surface area (Å²) in [6.07, 6.45) is 2.95. The third-order valence-electron chi connectivity index (χ3n) is 3.95. The van der Waals surface area contributed by atoms with Gasteiger partial charge < -0.3 is 16.0 Å². The van der Waals surface area contributed by atoms with Crippen LogP contribution in [-0.4, -0.2) is 25.5 Å². The Hall–Kier alpha value is -1.26. The number of rotatable bonds is 6. The molecule has 1 saturated heterocycles. The van der Waals surface area contributed by atoms with Gasteiger partial charge in [0, 0.05) is 19.6 Å². The maximum Gasteiger partial charge on any atom is 0.222 e. The minimum Gasteiger partial charge on any atom is -0.369 e. The third kappa shape index (κ3) is 4.11. The number of halogens is 1. The summed E-state index contributed by atoms with van der Waals surface area (Å²) in [4.78, 5) is 13.7.